The van der Waals surface area contributed by atoms with Crippen LogP contribution in [0.25, 0.3) is 0 Å². The monoisotopic (exact) mass is 1290 g/mol. The molecule has 0 saturated carbocycles. The Morgan fingerprint density at radius 3 is 1.32 bits per heavy atom. The van der Waals surface area contributed by atoms with E-state index in [0.717, 1.165) is 32.0 Å². The van der Waals surface area contributed by atoms with E-state index in [4.69, 9.17) is 31.4 Å². The molecular formula is C61H74N14O12S3. The largest absolute Gasteiger partial charge is 0.490 e. The third-order valence-corrected chi connectivity index (χ3v) is 17.5. The summed E-state index contributed by atoms with van der Waals surface area (Å²) in [7, 11) is -8.76. The fourth-order valence-corrected chi connectivity index (χ4v) is 13.1. The van der Waals surface area contributed by atoms with Crippen molar-refractivity contribution in [1.82, 2.24) is 35.8 Å². The lowest BCUT2D eigenvalue weighted by molar-refractivity contribution is 0.0868. The lowest BCUT2D eigenvalue weighted by Gasteiger charge is -2.33. The number of pyridine rings is 1. The molecule has 478 valence electrons. The molecule has 4 aliphatic rings. The summed E-state index contributed by atoms with van der Waals surface area (Å²) in [5, 5.41) is 8.82. The van der Waals surface area contributed by atoms with Crippen molar-refractivity contribution in [2.45, 2.75) is 89.3 Å². The first-order valence-electron chi connectivity index (χ1n) is 28.4. The number of fused-ring (bicyclic) bond motifs is 3. The molecule has 29 heteroatoms. The molecule has 4 aliphatic heterocycles. The van der Waals surface area contributed by atoms with Crippen molar-refractivity contribution in [3.05, 3.63) is 171 Å². The van der Waals surface area contributed by atoms with Crippen LogP contribution in [-0.2, 0) is 47.3 Å². The van der Waals surface area contributed by atoms with Crippen LogP contribution in [0.4, 0.5) is 5.82 Å². The summed E-state index contributed by atoms with van der Waals surface area (Å²) in [6, 6.07) is 29.3. The number of aromatic nitrogens is 3. The number of aryl methyl sites for hydroxylation is 2. The maximum absolute atomic E-state index is 13.0. The molecule has 0 spiro atoms. The normalized spacial score (nSPS) is 16.4. The van der Waals surface area contributed by atoms with E-state index in [1.54, 1.807) is 111 Å². The van der Waals surface area contributed by atoms with Crippen molar-refractivity contribution >= 4 is 71.1 Å². The highest BCUT2D eigenvalue weighted by Crippen LogP contribution is 2.32. The fraction of sp³-hybridized carbons (Fsp3) is 0.361. The molecule has 1 saturated heterocycles. The first-order valence-corrected chi connectivity index (χ1v) is 33.2. The van der Waals surface area contributed by atoms with E-state index in [-0.39, 0.29) is 78.0 Å². The number of nitrogens with two attached hydrogens (primary N) is 3. The highest BCUT2D eigenvalue weighted by molar-refractivity contribution is 7.90. The summed E-state index contributed by atoms with van der Waals surface area (Å²) in [4.78, 5) is 55.1. The van der Waals surface area contributed by atoms with Crippen molar-refractivity contribution in [2.24, 2.45) is 30.4 Å². The predicted octanol–water partition coefficient (Wildman–Crippen LogP) is 4.02. The molecule has 2 aromatic heterocycles. The second-order valence-corrected chi connectivity index (χ2v) is 28.8. The van der Waals surface area contributed by atoms with Crippen molar-refractivity contribution in [2.75, 3.05) is 57.9 Å². The van der Waals surface area contributed by atoms with Crippen LogP contribution < -0.4 is 52.3 Å². The van der Waals surface area contributed by atoms with Gasteiger partial charge in [0.15, 0.2) is 0 Å². The Morgan fingerprint density at radius 2 is 0.911 bits per heavy atom. The number of anilines is 1. The molecule has 0 bridgehead atoms. The van der Waals surface area contributed by atoms with Gasteiger partial charge in [0.1, 0.15) is 71.9 Å². The molecule has 1 fully saturated rings. The first kappa shape index (κ1) is 66.9. The average Bonchev–Trinajstić information content (AvgIpc) is 0.839. The standard InChI is InChI=1S/C23H30N6O4S.C19H23N5O4S.C19H21N3O4S/c1-23(2,15-33-18-6-4-5-17-14-34(31,32)27-21(24)20(17)18)26-22(30)16-7-8-25-19(13-16)29-11-9-28(3)10-12-29;1-11-8-14(22-12(2)21-11)18(25)23-19(3,4)10-28-15-7-5-6-13-9-29(26,27)24-17(20)16(13)15;1-19(2,21-18(23)13-7-4-3-5-8-13)12-26-15-10-6-9-14-11-27(24,25)22-17(20)16(14)15/h4-8,13H,9-12,14-15H2,1-3H3,(H2,24,27)(H,26,30);5-8H,9-10H2,1-4H3,(H2,20,24)(H,23,25);3-10H,11-12H2,1-2H3,(H2,20,22)(H,21,23). The molecule has 0 radical (unpaired) electrons. The summed E-state index contributed by atoms with van der Waals surface area (Å²) >= 11 is 0. The molecular weight excluding hydrogens is 1220 g/mol. The number of carbonyl (C=O) groups is 3. The number of hydrogen-bond donors (Lipinski definition) is 6. The van der Waals surface area contributed by atoms with Crippen molar-refractivity contribution in [1.29, 1.82) is 0 Å². The van der Waals surface area contributed by atoms with Crippen LogP contribution in [0, 0.1) is 13.8 Å². The van der Waals surface area contributed by atoms with Gasteiger partial charge in [-0.05, 0) is 128 Å². The maximum Gasteiger partial charge on any atom is 0.270 e. The third kappa shape index (κ3) is 17.8. The highest BCUT2D eigenvalue weighted by atomic mass is 32.2. The summed E-state index contributed by atoms with van der Waals surface area (Å²) in [6.07, 6.45) is 1.65. The van der Waals surface area contributed by atoms with E-state index in [1.807, 2.05) is 53.7 Å². The lowest BCUT2D eigenvalue weighted by Crippen LogP contribution is -2.48. The van der Waals surface area contributed by atoms with E-state index in [9.17, 15) is 39.6 Å². The fourth-order valence-electron chi connectivity index (χ4n) is 9.80. The number of likely N-dealkylation sites (N-methyl/N-ethyl adjacent to an activating group) is 1. The van der Waals surface area contributed by atoms with Gasteiger partial charge in [-0.15, -0.1) is 13.2 Å². The number of benzene rings is 4. The molecule has 90 heavy (non-hydrogen) atoms. The van der Waals surface area contributed by atoms with E-state index >= 15 is 0 Å². The highest BCUT2D eigenvalue weighted by Gasteiger charge is 2.32. The molecule has 10 rings (SSSR count). The smallest absolute Gasteiger partial charge is 0.270 e. The second kappa shape index (κ2) is 27.0. The minimum Gasteiger partial charge on any atom is -0.490 e. The van der Waals surface area contributed by atoms with Crippen LogP contribution >= 0.6 is 0 Å². The quantitative estimate of drug-likeness (QED) is 0.0796. The van der Waals surface area contributed by atoms with Crippen molar-refractivity contribution in [3.63, 3.8) is 0 Å². The zero-order valence-corrected chi connectivity index (χ0v) is 53.8. The molecule has 0 unspecified atom stereocenters. The Bertz CT molecular complexity index is 4150. The number of nitrogens with one attached hydrogen (secondary N) is 3. The SMILES string of the molecule is CC(C)(COc1cccc2c1C(N)=NS(=O)(=O)C2)NC(=O)c1ccccc1.CN1CCN(c2cc(C(=O)NC(C)(C)COc3cccc4c3C(N)=NS(=O)(=O)C4)ccn2)CC1.Cc1cc(C(=O)NC(C)(C)COc2cccc3c2C(N)=NS(=O)(=O)C3)nc(C)n1. The summed E-state index contributed by atoms with van der Waals surface area (Å²) in [6.45, 7) is 18.6. The number of sulfonamides is 3. The van der Waals surface area contributed by atoms with Gasteiger partial charge in [-0.25, -0.2) is 40.2 Å². The van der Waals surface area contributed by atoms with Crippen molar-refractivity contribution in [3.8, 4) is 17.2 Å². The van der Waals surface area contributed by atoms with Crippen LogP contribution in [0.2, 0.25) is 0 Å². The molecule has 4 aromatic carbocycles. The van der Waals surface area contributed by atoms with Crippen LogP contribution in [0.15, 0.2) is 123 Å². The van der Waals surface area contributed by atoms with E-state index in [1.165, 1.54) is 0 Å². The summed E-state index contributed by atoms with van der Waals surface area (Å²) < 4.78 is 99.3. The number of amidine groups is 3. The molecule has 6 heterocycles. The number of rotatable bonds is 16. The van der Waals surface area contributed by atoms with Gasteiger partial charge in [0, 0.05) is 49.2 Å². The molecule has 26 nitrogen and oxygen atoms in total. The molecule has 9 N–H and O–H groups in total. The minimum absolute atomic E-state index is 0.0852. The van der Waals surface area contributed by atoms with Crippen LogP contribution in [-0.4, -0.2) is 150 Å². The number of nitrogens with zero attached hydrogens (tertiary/aromatic N) is 8. The van der Waals surface area contributed by atoms with E-state index in [0.29, 0.717) is 73.3 Å². The van der Waals surface area contributed by atoms with Gasteiger partial charge >= 0.3 is 0 Å². The van der Waals surface area contributed by atoms with Gasteiger partial charge in [-0.1, -0.05) is 54.6 Å². The van der Waals surface area contributed by atoms with E-state index < -0.39 is 46.7 Å². The number of amides is 3. The Hall–Kier alpha value is -9.06. The van der Waals surface area contributed by atoms with Gasteiger partial charge in [-0.2, -0.15) is 0 Å². The Balaban J connectivity index is 0.000000176. The van der Waals surface area contributed by atoms with Gasteiger partial charge < -0.3 is 57.2 Å². The van der Waals surface area contributed by atoms with Gasteiger partial charge in [0.05, 0.1) is 50.6 Å². The molecule has 0 atom stereocenters. The third-order valence-electron chi connectivity index (χ3n) is 14.0. The van der Waals surface area contributed by atoms with Crippen molar-refractivity contribution < 1.29 is 53.8 Å². The zero-order valence-electron chi connectivity index (χ0n) is 51.4. The van der Waals surface area contributed by atoms with Crippen LogP contribution in [0.3, 0.4) is 0 Å². The number of carbonyl (C=O) groups excluding carboxylic acids is 3. The van der Waals surface area contributed by atoms with Gasteiger partial charge in [0.25, 0.3) is 47.8 Å². The minimum atomic E-state index is -3.63. The first-order chi connectivity index (χ1) is 42.2. The Labute approximate surface area is 524 Å². The van der Waals surface area contributed by atoms with Gasteiger partial charge in [0.2, 0.25) is 0 Å². The number of ether oxygens (including phenoxy) is 3. The number of piperazine rings is 1. The molecule has 6 aromatic rings. The Kier molecular flexibility index (Phi) is 20.0. The summed E-state index contributed by atoms with van der Waals surface area (Å²) in [5.74, 6) is 0.868. The summed E-state index contributed by atoms with van der Waals surface area (Å²) in [5.41, 5.74) is 20.6. The molecule has 3 amide bonds. The topological polar surface area (TPSA) is 378 Å². The lowest BCUT2D eigenvalue weighted by atomic mass is 10.0. The second-order valence-electron chi connectivity index (χ2n) is 23.9. The molecule has 0 aliphatic carbocycles. The van der Waals surface area contributed by atoms with Gasteiger partial charge in [-0.3, -0.25) is 14.4 Å². The maximum atomic E-state index is 13.0. The predicted molar refractivity (Wildman–Crippen MR) is 342 cm³/mol. The average molecular weight is 1290 g/mol. The number of hydrogen-bond acceptors (Lipinski definition) is 20. The van der Waals surface area contributed by atoms with Crippen LogP contribution in [0.5, 0.6) is 17.2 Å². The van der Waals surface area contributed by atoms with Crippen LogP contribution in [0.1, 0.15) is 118 Å². The Morgan fingerprint density at radius 1 is 0.511 bits per heavy atom. The zero-order chi connectivity index (χ0) is 65.6. The van der Waals surface area contributed by atoms with E-state index in [2.05, 4.69) is 60.9 Å².